The van der Waals surface area contributed by atoms with E-state index in [-0.39, 0.29) is 11.9 Å². The molecule has 2 atom stereocenters. The average Bonchev–Trinajstić information content (AvgIpc) is 2.62. The summed E-state index contributed by atoms with van der Waals surface area (Å²) in [5.41, 5.74) is 6.45. The number of carbonyl (C=O) groups excluding carboxylic acids is 1. The highest BCUT2D eigenvalue weighted by Crippen LogP contribution is 2.24. The first-order chi connectivity index (χ1) is 7.99. The predicted octanol–water partition coefficient (Wildman–Crippen LogP) is 2.52. The molecule has 2 unspecified atom stereocenters. The number of halogens is 2. The molecular formula is C12H14BrClN2O. The quantitative estimate of drug-likeness (QED) is 0.865. The number of rotatable bonds is 1. The molecule has 1 fully saturated rings. The van der Waals surface area contributed by atoms with Gasteiger partial charge in [0.05, 0.1) is 10.6 Å². The summed E-state index contributed by atoms with van der Waals surface area (Å²) < 4.78 is 0.849. The van der Waals surface area contributed by atoms with Crippen molar-refractivity contribution in [3.05, 3.63) is 33.3 Å². The van der Waals surface area contributed by atoms with E-state index in [9.17, 15) is 4.79 Å². The van der Waals surface area contributed by atoms with Crippen molar-refractivity contribution in [2.75, 3.05) is 13.1 Å². The molecule has 0 bridgehead atoms. The Morgan fingerprint density at radius 2 is 2.24 bits per heavy atom. The lowest BCUT2D eigenvalue weighted by atomic mass is 10.1. The zero-order valence-corrected chi connectivity index (χ0v) is 11.8. The minimum Gasteiger partial charge on any atom is -0.337 e. The van der Waals surface area contributed by atoms with Crippen LogP contribution in [0.1, 0.15) is 17.3 Å². The summed E-state index contributed by atoms with van der Waals surface area (Å²) in [6.07, 6.45) is 0. The van der Waals surface area contributed by atoms with Crippen molar-refractivity contribution < 1.29 is 4.79 Å². The van der Waals surface area contributed by atoms with E-state index in [1.54, 1.807) is 17.0 Å². The van der Waals surface area contributed by atoms with E-state index < -0.39 is 0 Å². The molecule has 3 nitrogen and oxygen atoms in total. The number of nitrogens with zero attached hydrogens (tertiary/aromatic N) is 1. The van der Waals surface area contributed by atoms with Gasteiger partial charge in [-0.1, -0.05) is 34.5 Å². The minimum atomic E-state index is -0.0453. The highest BCUT2D eigenvalue weighted by Gasteiger charge is 2.31. The standard InChI is InChI=1S/C12H14BrClN2O/c1-7-5-16(6-11(7)15)12(17)9-4-8(13)2-3-10(9)14/h2-4,7,11H,5-6,15H2,1H3. The normalized spacial score (nSPS) is 24.1. The Morgan fingerprint density at radius 3 is 2.82 bits per heavy atom. The zero-order valence-electron chi connectivity index (χ0n) is 9.49. The summed E-state index contributed by atoms with van der Waals surface area (Å²) in [5, 5.41) is 0.478. The second kappa shape index (κ2) is 4.96. The second-order valence-corrected chi connectivity index (χ2v) is 5.80. The van der Waals surface area contributed by atoms with E-state index in [0.29, 0.717) is 29.6 Å². The molecule has 5 heteroatoms. The smallest absolute Gasteiger partial charge is 0.255 e. The van der Waals surface area contributed by atoms with E-state index >= 15 is 0 Å². The fourth-order valence-corrected chi connectivity index (χ4v) is 2.55. The first-order valence-corrected chi connectivity index (χ1v) is 6.66. The van der Waals surface area contributed by atoms with Gasteiger partial charge >= 0.3 is 0 Å². The number of likely N-dealkylation sites (tertiary alicyclic amines) is 1. The molecule has 17 heavy (non-hydrogen) atoms. The highest BCUT2D eigenvalue weighted by molar-refractivity contribution is 9.10. The van der Waals surface area contributed by atoms with Gasteiger partial charge in [0.1, 0.15) is 0 Å². The van der Waals surface area contributed by atoms with Crippen LogP contribution in [0.25, 0.3) is 0 Å². The molecule has 1 saturated heterocycles. The molecule has 92 valence electrons. The molecule has 1 heterocycles. The largest absolute Gasteiger partial charge is 0.337 e. The topological polar surface area (TPSA) is 46.3 Å². The number of hydrogen-bond donors (Lipinski definition) is 1. The monoisotopic (exact) mass is 316 g/mol. The number of hydrogen-bond acceptors (Lipinski definition) is 2. The van der Waals surface area contributed by atoms with Crippen LogP contribution >= 0.6 is 27.5 Å². The molecule has 0 aromatic heterocycles. The number of amides is 1. The Morgan fingerprint density at radius 1 is 1.53 bits per heavy atom. The number of nitrogens with two attached hydrogens (primary N) is 1. The van der Waals surface area contributed by atoms with Crippen LogP contribution in [0.2, 0.25) is 5.02 Å². The molecule has 1 amide bonds. The summed E-state index contributed by atoms with van der Waals surface area (Å²) >= 11 is 9.39. The fraction of sp³-hybridized carbons (Fsp3) is 0.417. The van der Waals surface area contributed by atoms with Crippen molar-refractivity contribution in [2.45, 2.75) is 13.0 Å². The third-order valence-corrected chi connectivity index (χ3v) is 3.94. The van der Waals surface area contributed by atoms with E-state index in [0.717, 1.165) is 4.47 Å². The predicted molar refractivity (Wildman–Crippen MR) is 72.2 cm³/mol. The first-order valence-electron chi connectivity index (χ1n) is 5.49. The summed E-state index contributed by atoms with van der Waals surface area (Å²) in [6.45, 7) is 3.35. The molecule has 0 saturated carbocycles. The van der Waals surface area contributed by atoms with Gasteiger partial charge in [-0.25, -0.2) is 0 Å². The van der Waals surface area contributed by atoms with Crippen LogP contribution in [0.15, 0.2) is 22.7 Å². The van der Waals surface area contributed by atoms with Gasteiger partial charge in [-0.05, 0) is 24.1 Å². The molecule has 2 N–H and O–H groups in total. The molecular weight excluding hydrogens is 304 g/mol. The fourth-order valence-electron chi connectivity index (χ4n) is 1.99. The van der Waals surface area contributed by atoms with Crippen molar-refractivity contribution in [1.82, 2.24) is 4.90 Å². The van der Waals surface area contributed by atoms with Crippen LogP contribution < -0.4 is 5.73 Å². The van der Waals surface area contributed by atoms with E-state index in [2.05, 4.69) is 22.9 Å². The van der Waals surface area contributed by atoms with E-state index in [1.807, 2.05) is 6.07 Å². The van der Waals surface area contributed by atoms with E-state index in [1.165, 1.54) is 0 Å². The summed E-state index contributed by atoms with van der Waals surface area (Å²) in [7, 11) is 0. The van der Waals surface area contributed by atoms with Crippen LogP contribution in [0.4, 0.5) is 0 Å². The minimum absolute atomic E-state index is 0.0453. The maximum Gasteiger partial charge on any atom is 0.255 e. The third kappa shape index (κ3) is 2.64. The highest BCUT2D eigenvalue weighted by atomic mass is 79.9. The summed E-state index contributed by atoms with van der Waals surface area (Å²) in [5.74, 6) is 0.293. The Labute approximate surface area is 114 Å². The molecule has 1 aromatic carbocycles. The van der Waals surface area contributed by atoms with Crippen molar-refractivity contribution in [3.8, 4) is 0 Å². The summed E-state index contributed by atoms with van der Waals surface area (Å²) in [6, 6.07) is 5.35. The van der Waals surface area contributed by atoms with Gasteiger partial charge in [-0.15, -0.1) is 0 Å². The van der Waals surface area contributed by atoms with Gasteiger partial charge in [0, 0.05) is 23.6 Å². The van der Waals surface area contributed by atoms with Crippen LogP contribution in [-0.4, -0.2) is 29.9 Å². The van der Waals surface area contributed by atoms with Crippen molar-refractivity contribution in [1.29, 1.82) is 0 Å². The van der Waals surface area contributed by atoms with Gasteiger partial charge in [-0.3, -0.25) is 4.79 Å². The summed E-state index contributed by atoms with van der Waals surface area (Å²) in [4.78, 5) is 14.0. The Kier molecular flexibility index (Phi) is 3.76. The molecule has 0 aliphatic carbocycles. The molecule has 1 aliphatic rings. The number of benzene rings is 1. The lowest BCUT2D eigenvalue weighted by Crippen LogP contribution is -2.32. The van der Waals surface area contributed by atoms with Crippen molar-refractivity contribution in [2.24, 2.45) is 11.7 Å². The maximum atomic E-state index is 12.3. The van der Waals surface area contributed by atoms with Crippen molar-refractivity contribution >= 4 is 33.4 Å². The second-order valence-electron chi connectivity index (χ2n) is 4.48. The first kappa shape index (κ1) is 12.9. The van der Waals surface area contributed by atoms with Gasteiger partial charge in [0.15, 0.2) is 0 Å². The van der Waals surface area contributed by atoms with Crippen LogP contribution in [0.3, 0.4) is 0 Å². The molecule has 0 radical (unpaired) electrons. The van der Waals surface area contributed by atoms with Gasteiger partial charge in [0.2, 0.25) is 0 Å². The van der Waals surface area contributed by atoms with Gasteiger partial charge in [0.25, 0.3) is 5.91 Å². The van der Waals surface area contributed by atoms with Crippen LogP contribution in [-0.2, 0) is 0 Å². The van der Waals surface area contributed by atoms with Crippen LogP contribution in [0, 0.1) is 5.92 Å². The molecule has 1 aromatic rings. The Balaban J connectivity index is 2.23. The lowest BCUT2D eigenvalue weighted by molar-refractivity contribution is 0.0787. The maximum absolute atomic E-state index is 12.3. The van der Waals surface area contributed by atoms with Gasteiger partial charge in [-0.2, -0.15) is 0 Å². The molecule has 2 rings (SSSR count). The Bertz CT molecular complexity index is 442. The molecule has 0 spiro atoms. The third-order valence-electron chi connectivity index (χ3n) is 3.12. The molecule has 1 aliphatic heterocycles. The van der Waals surface area contributed by atoms with E-state index in [4.69, 9.17) is 17.3 Å². The zero-order chi connectivity index (χ0) is 12.6. The number of carbonyl (C=O) groups is 1. The van der Waals surface area contributed by atoms with Crippen LogP contribution in [0.5, 0.6) is 0 Å². The Hall–Kier alpha value is -0.580. The van der Waals surface area contributed by atoms with Crippen molar-refractivity contribution in [3.63, 3.8) is 0 Å². The van der Waals surface area contributed by atoms with Gasteiger partial charge < -0.3 is 10.6 Å². The SMILES string of the molecule is CC1CN(C(=O)c2cc(Br)ccc2Cl)CC1N. The lowest BCUT2D eigenvalue weighted by Gasteiger charge is -2.16. The average molecular weight is 318 g/mol.